The highest BCUT2D eigenvalue weighted by Crippen LogP contribution is 2.39. The van der Waals surface area contributed by atoms with Crippen molar-refractivity contribution in [1.82, 2.24) is 9.97 Å². The van der Waals surface area contributed by atoms with Crippen molar-refractivity contribution in [3.8, 4) is 39.4 Å². The Kier molecular flexibility index (Phi) is 5.23. The molecule has 0 aliphatic heterocycles. The average Bonchev–Trinajstić information content (AvgIpc) is 2.84. The van der Waals surface area contributed by atoms with Gasteiger partial charge in [0.05, 0.1) is 29.5 Å². The number of rotatable bonds is 4. The van der Waals surface area contributed by atoms with Crippen LogP contribution >= 0.6 is 15.9 Å². The summed E-state index contributed by atoms with van der Waals surface area (Å²) in [4.78, 5) is 9.95. The largest absolute Gasteiger partial charge is 0.496 e. The van der Waals surface area contributed by atoms with Crippen molar-refractivity contribution in [3.05, 3.63) is 102 Å². The van der Waals surface area contributed by atoms with Crippen LogP contribution in [0.3, 0.4) is 0 Å². The van der Waals surface area contributed by atoms with E-state index in [1.807, 2.05) is 66.7 Å². The molecular weight excluding hydrogens is 448 g/mol. The molecule has 5 aromatic rings. The molecule has 4 heteroatoms. The Hall–Kier alpha value is -3.50. The second kappa shape index (κ2) is 8.32. The molecule has 0 spiro atoms. The first kappa shape index (κ1) is 19.5. The lowest BCUT2D eigenvalue weighted by Gasteiger charge is -2.14. The lowest BCUT2D eigenvalue weighted by Crippen LogP contribution is -1.96. The fourth-order valence-electron chi connectivity index (χ4n) is 3.74. The van der Waals surface area contributed by atoms with Crippen molar-refractivity contribution in [2.75, 3.05) is 7.11 Å². The van der Waals surface area contributed by atoms with Crippen molar-refractivity contribution in [2.24, 2.45) is 0 Å². The van der Waals surface area contributed by atoms with Crippen LogP contribution in [0.4, 0.5) is 0 Å². The third-order valence-corrected chi connectivity index (χ3v) is 5.95. The van der Waals surface area contributed by atoms with E-state index < -0.39 is 0 Å². The van der Waals surface area contributed by atoms with E-state index in [0.29, 0.717) is 0 Å². The number of fused-ring (bicyclic) bond motifs is 1. The van der Waals surface area contributed by atoms with Crippen molar-refractivity contribution >= 4 is 27.0 Å². The van der Waals surface area contributed by atoms with E-state index in [2.05, 4.69) is 46.3 Å². The third-order valence-electron chi connectivity index (χ3n) is 5.26. The summed E-state index contributed by atoms with van der Waals surface area (Å²) in [6, 6.07) is 32.5. The summed E-state index contributed by atoms with van der Waals surface area (Å²) in [6.45, 7) is 0. The molecule has 0 unspecified atom stereocenters. The minimum absolute atomic E-state index is 0.790. The Labute approximate surface area is 189 Å². The molecule has 4 aromatic carbocycles. The van der Waals surface area contributed by atoms with Crippen LogP contribution in [-0.2, 0) is 0 Å². The summed E-state index contributed by atoms with van der Waals surface area (Å²) < 4.78 is 6.81. The number of para-hydroxylation sites is 2. The highest BCUT2D eigenvalue weighted by atomic mass is 79.9. The van der Waals surface area contributed by atoms with Crippen LogP contribution in [0.5, 0.6) is 5.75 Å². The molecule has 5 rings (SSSR count). The molecule has 150 valence electrons. The smallest absolute Gasteiger partial charge is 0.127 e. The Morgan fingerprint density at radius 2 is 1.23 bits per heavy atom. The van der Waals surface area contributed by atoms with Gasteiger partial charge in [-0.2, -0.15) is 0 Å². The number of ether oxygens (including phenoxy) is 1. The molecule has 1 aromatic heterocycles. The normalized spacial score (nSPS) is 10.9. The van der Waals surface area contributed by atoms with Gasteiger partial charge in [-0.25, -0.2) is 9.97 Å². The second-order valence-electron chi connectivity index (χ2n) is 7.17. The van der Waals surface area contributed by atoms with Gasteiger partial charge in [-0.05, 0) is 35.9 Å². The van der Waals surface area contributed by atoms with Gasteiger partial charge in [-0.1, -0.05) is 82.7 Å². The number of nitrogens with zero attached hydrogens (tertiary/aromatic N) is 2. The fraction of sp³-hybridized carbons (Fsp3) is 0.0370. The van der Waals surface area contributed by atoms with Gasteiger partial charge < -0.3 is 4.74 Å². The van der Waals surface area contributed by atoms with Crippen LogP contribution in [-0.4, -0.2) is 17.1 Å². The van der Waals surface area contributed by atoms with Gasteiger partial charge in [-0.15, -0.1) is 0 Å². The highest BCUT2D eigenvalue weighted by Gasteiger charge is 2.16. The summed E-state index contributed by atoms with van der Waals surface area (Å²) >= 11 is 3.65. The van der Waals surface area contributed by atoms with Crippen molar-refractivity contribution in [3.63, 3.8) is 0 Å². The van der Waals surface area contributed by atoms with E-state index in [0.717, 1.165) is 54.9 Å². The van der Waals surface area contributed by atoms with Gasteiger partial charge in [0.15, 0.2) is 0 Å². The predicted octanol–water partition coefficient (Wildman–Crippen LogP) is 7.40. The standard InChI is InChI=1S/C27H19BrN2O/c1-31-25-17-19(15-16-21(25)20-11-5-6-12-22(20)28)27-26(18-9-3-2-4-10-18)29-23-13-7-8-14-24(23)30-27/h2-17H,1H3. The van der Waals surface area contributed by atoms with Crippen LogP contribution in [0.1, 0.15) is 0 Å². The molecule has 0 saturated heterocycles. The molecule has 0 atom stereocenters. The number of hydrogen-bond acceptors (Lipinski definition) is 3. The zero-order valence-electron chi connectivity index (χ0n) is 16.9. The molecule has 0 aliphatic carbocycles. The minimum Gasteiger partial charge on any atom is -0.496 e. The molecule has 0 amide bonds. The van der Waals surface area contributed by atoms with Gasteiger partial charge in [-0.3, -0.25) is 0 Å². The maximum absolute atomic E-state index is 5.78. The zero-order chi connectivity index (χ0) is 21.2. The summed E-state index contributed by atoms with van der Waals surface area (Å²) in [6.07, 6.45) is 0. The molecule has 0 bridgehead atoms. The van der Waals surface area contributed by atoms with Gasteiger partial charge in [0.2, 0.25) is 0 Å². The third kappa shape index (κ3) is 3.71. The first-order valence-electron chi connectivity index (χ1n) is 10.00. The van der Waals surface area contributed by atoms with Gasteiger partial charge in [0.25, 0.3) is 0 Å². The summed E-state index contributed by atoms with van der Waals surface area (Å²) in [7, 11) is 1.70. The van der Waals surface area contributed by atoms with E-state index in [1.54, 1.807) is 7.11 Å². The number of aromatic nitrogens is 2. The van der Waals surface area contributed by atoms with Crippen molar-refractivity contribution in [2.45, 2.75) is 0 Å². The van der Waals surface area contributed by atoms with Crippen LogP contribution in [0.2, 0.25) is 0 Å². The molecule has 0 saturated carbocycles. The first-order valence-corrected chi connectivity index (χ1v) is 10.8. The van der Waals surface area contributed by atoms with E-state index >= 15 is 0 Å². The molecule has 31 heavy (non-hydrogen) atoms. The number of hydrogen-bond donors (Lipinski definition) is 0. The Morgan fingerprint density at radius 1 is 0.613 bits per heavy atom. The molecule has 0 fully saturated rings. The zero-order valence-corrected chi connectivity index (χ0v) is 18.5. The Balaban J connectivity index is 1.73. The Morgan fingerprint density at radius 3 is 1.90 bits per heavy atom. The lowest BCUT2D eigenvalue weighted by molar-refractivity contribution is 0.416. The van der Waals surface area contributed by atoms with Gasteiger partial charge >= 0.3 is 0 Å². The maximum atomic E-state index is 5.78. The summed E-state index contributed by atoms with van der Waals surface area (Å²) in [5, 5.41) is 0. The molecule has 0 aliphatic rings. The summed E-state index contributed by atoms with van der Waals surface area (Å²) in [5.74, 6) is 0.790. The minimum atomic E-state index is 0.790. The maximum Gasteiger partial charge on any atom is 0.127 e. The van der Waals surface area contributed by atoms with Gasteiger partial charge in [0, 0.05) is 21.2 Å². The predicted molar refractivity (Wildman–Crippen MR) is 130 cm³/mol. The van der Waals surface area contributed by atoms with Crippen LogP contribution in [0.25, 0.3) is 44.7 Å². The van der Waals surface area contributed by atoms with E-state index in [1.165, 1.54) is 0 Å². The van der Waals surface area contributed by atoms with E-state index in [-0.39, 0.29) is 0 Å². The quantitative estimate of drug-likeness (QED) is 0.276. The molecular formula is C27H19BrN2O. The highest BCUT2D eigenvalue weighted by molar-refractivity contribution is 9.10. The van der Waals surface area contributed by atoms with Crippen LogP contribution in [0, 0.1) is 0 Å². The van der Waals surface area contributed by atoms with E-state index in [9.17, 15) is 0 Å². The monoisotopic (exact) mass is 466 g/mol. The lowest BCUT2D eigenvalue weighted by atomic mass is 9.99. The number of halogens is 1. The average molecular weight is 467 g/mol. The van der Waals surface area contributed by atoms with Gasteiger partial charge in [0.1, 0.15) is 5.75 Å². The molecule has 0 radical (unpaired) electrons. The first-order chi connectivity index (χ1) is 15.2. The fourth-order valence-corrected chi connectivity index (χ4v) is 4.24. The second-order valence-corrected chi connectivity index (χ2v) is 8.02. The topological polar surface area (TPSA) is 35.0 Å². The molecule has 3 nitrogen and oxygen atoms in total. The van der Waals surface area contributed by atoms with Crippen LogP contribution in [0.15, 0.2) is 102 Å². The van der Waals surface area contributed by atoms with E-state index in [4.69, 9.17) is 14.7 Å². The number of methoxy groups -OCH3 is 1. The van der Waals surface area contributed by atoms with Crippen LogP contribution < -0.4 is 4.74 Å². The Bertz CT molecular complexity index is 1380. The molecule has 0 N–H and O–H groups in total. The van der Waals surface area contributed by atoms with Crippen molar-refractivity contribution < 1.29 is 4.74 Å². The molecule has 1 heterocycles. The summed E-state index contributed by atoms with van der Waals surface area (Å²) in [5.41, 5.74) is 7.53. The van der Waals surface area contributed by atoms with Crippen molar-refractivity contribution in [1.29, 1.82) is 0 Å². The SMILES string of the molecule is COc1cc(-c2nc3ccccc3nc2-c2ccccc2)ccc1-c1ccccc1Br. The number of benzene rings is 4.